The zero-order valence-corrected chi connectivity index (χ0v) is 11.0. The van der Waals surface area contributed by atoms with Crippen molar-refractivity contribution >= 4 is 11.6 Å². The second-order valence-electron chi connectivity index (χ2n) is 3.70. The number of ether oxygens (including phenoxy) is 1. The highest BCUT2D eigenvalue weighted by molar-refractivity contribution is 6.31. The molecule has 1 aromatic heterocycles. The first-order valence-corrected chi connectivity index (χ1v) is 6.01. The van der Waals surface area contributed by atoms with E-state index in [1.54, 1.807) is 0 Å². The number of halogens is 1. The molecular formula is C11H20ClN3O. The molecule has 0 aliphatic carbocycles. The SMILES string of the molecule is CCOCCCNCc1c(Cl)c(C)nn1C. The molecule has 0 atom stereocenters. The Bertz CT molecular complexity index is 325. The van der Waals surface area contributed by atoms with E-state index in [2.05, 4.69) is 10.4 Å². The van der Waals surface area contributed by atoms with Gasteiger partial charge >= 0.3 is 0 Å². The molecule has 5 heteroatoms. The van der Waals surface area contributed by atoms with Gasteiger partial charge in [-0.05, 0) is 26.8 Å². The van der Waals surface area contributed by atoms with E-state index >= 15 is 0 Å². The van der Waals surface area contributed by atoms with Crippen LogP contribution in [-0.2, 0) is 18.3 Å². The molecule has 1 heterocycles. The number of hydrogen-bond donors (Lipinski definition) is 1. The van der Waals surface area contributed by atoms with Crippen molar-refractivity contribution in [1.82, 2.24) is 15.1 Å². The van der Waals surface area contributed by atoms with Gasteiger partial charge in [-0.2, -0.15) is 5.10 Å². The number of aromatic nitrogens is 2. The van der Waals surface area contributed by atoms with Crippen molar-refractivity contribution in [2.75, 3.05) is 19.8 Å². The molecule has 1 aromatic rings. The Balaban J connectivity index is 2.26. The fraction of sp³-hybridized carbons (Fsp3) is 0.727. The number of nitrogens with zero attached hydrogens (tertiary/aromatic N) is 2. The molecule has 0 aliphatic rings. The van der Waals surface area contributed by atoms with Gasteiger partial charge in [0.05, 0.1) is 16.4 Å². The lowest BCUT2D eigenvalue weighted by Gasteiger charge is -2.05. The van der Waals surface area contributed by atoms with Gasteiger partial charge in [0.2, 0.25) is 0 Å². The Kier molecular flexibility index (Phi) is 5.80. The first-order valence-electron chi connectivity index (χ1n) is 5.63. The summed E-state index contributed by atoms with van der Waals surface area (Å²) >= 11 is 6.13. The molecule has 4 nitrogen and oxygen atoms in total. The van der Waals surface area contributed by atoms with Crippen molar-refractivity contribution in [2.24, 2.45) is 7.05 Å². The van der Waals surface area contributed by atoms with E-state index in [0.717, 1.165) is 49.1 Å². The Labute approximate surface area is 102 Å². The number of rotatable bonds is 7. The topological polar surface area (TPSA) is 39.1 Å². The van der Waals surface area contributed by atoms with Gasteiger partial charge in [0.1, 0.15) is 0 Å². The minimum Gasteiger partial charge on any atom is -0.382 e. The molecule has 0 unspecified atom stereocenters. The smallest absolute Gasteiger partial charge is 0.0860 e. The molecule has 0 saturated carbocycles. The van der Waals surface area contributed by atoms with Crippen LogP contribution in [0, 0.1) is 6.92 Å². The zero-order chi connectivity index (χ0) is 12.0. The molecule has 0 fully saturated rings. The lowest BCUT2D eigenvalue weighted by molar-refractivity contribution is 0.144. The second kappa shape index (κ2) is 6.89. The lowest BCUT2D eigenvalue weighted by atomic mass is 10.3. The maximum atomic E-state index is 6.13. The molecule has 92 valence electrons. The quantitative estimate of drug-likeness (QED) is 0.746. The summed E-state index contributed by atoms with van der Waals surface area (Å²) in [5, 5.41) is 8.35. The molecule has 16 heavy (non-hydrogen) atoms. The van der Waals surface area contributed by atoms with Crippen molar-refractivity contribution in [2.45, 2.75) is 26.8 Å². The van der Waals surface area contributed by atoms with Crippen LogP contribution in [0.2, 0.25) is 5.02 Å². The minimum atomic E-state index is 0.752. The third-order valence-corrected chi connectivity index (χ3v) is 2.89. The highest BCUT2D eigenvalue weighted by atomic mass is 35.5. The van der Waals surface area contributed by atoms with Crippen molar-refractivity contribution in [3.63, 3.8) is 0 Å². The fourth-order valence-electron chi connectivity index (χ4n) is 1.52. The highest BCUT2D eigenvalue weighted by Gasteiger charge is 2.09. The highest BCUT2D eigenvalue weighted by Crippen LogP contribution is 2.18. The summed E-state index contributed by atoms with van der Waals surface area (Å²) in [5.41, 5.74) is 1.92. The van der Waals surface area contributed by atoms with Crippen LogP contribution in [-0.4, -0.2) is 29.5 Å². The van der Waals surface area contributed by atoms with E-state index in [0.29, 0.717) is 0 Å². The monoisotopic (exact) mass is 245 g/mol. The van der Waals surface area contributed by atoms with Crippen LogP contribution in [0.1, 0.15) is 24.7 Å². The molecule has 0 aromatic carbocycles. The van der Waals surface area contributed by atoms with Crippen LogP contribution < -0.4 is 5.32 Å². The Morgan fingerprint density at radius 2 is 2.25 bits per heavy atom. The predicted molar refractivity (Wildman–Crippen MR) is 65.8 cm³/mol. The van der Waals surface area contributed by atoms with Gasteiger partial charge in [-0.15, -0.1) is 0 Å². The molecule has 0 saturated heterocycles. The number of aryl methyl sites for hydroxylation is 2. The average molecular weight is 246 g/mol. The lowest BCUT2D eigenvalue weighted by Crippen LogP contribution is -2.18. The zero-order valence-electron chi connectivity index (χ0n) is 10.2. The second-order valence-corrected chi connectivity index (χ2v) is 4.07. The summed E-state index contributed by atoms with van der Waals surface area (Å²) in [6.45, 7) is 7.20. The third-order valence-electron chi connectivity index (χ3n) is 2.40. The summed E-state index contributed by atoms with van der Waals surface area (Å²) in [4.78, 5) is 0. The Morgan fingerprint density at radius 3 is 2.81 bits per heavy atom. The maximum Gasteiger partial charge on any atom is 0.0860 e. The van der Waals surface area contributed by atoms with Crippen LogP contribution >= 0.6 is 11.6 Å². The largest absolute Gasteiger partial charge is 0.382 e. The van der Waals surface area contributed by atoms with E-state index in [1.807, 2.05) is 25.6 Å². The first-order chi connectivity index (χ1) is 7.66. The van der Waals surface area contributed by atoms with E-state index < -0.39 is 0 Å². The van der Waals surface area contributed by atoms with Gasteiger partial charge in [-0.1, -0.05) is 11.6 Å². The van der Waals surface area contributed by atoms with E-state index in [9.17, 15) is 0 Å². The van der Waals surface area contributed by atoms with Gasteiger partial charge in [-0.3, -0.25) is 4.68 Å². The van der Waals surface area contributed by atoms with Crippen LogP contribution in [0.3, 0.4) is 0 Å². The van der Waals surface area contributed by atoms with Crippen LogP contribution in [0.5, 0.6) is 0 Å². The van der Waals surface area contributed by atoms with E-state index in [4.69, 9.17) is 16.3 Å². The van der Waals surface area contributed by atoms with Gasteiger partial charge in [0.15, 0.2) is 0 Å². The molecule has 0 radical (unpaired) electrons. The van der Waals surface area contributed by atoms with Crippen LogP contribution in [0.4, 0.5) is 0 Å². The van der Waals surface area contributed by atoms with Crippen LogP contribution in [0.15, 0.2) is 0 Å². The average Bonchev–Trinajstić information content (AvgIpc) is 2.49. The standard InChI is InChI=1S/C11H20ClN3O/c1-4-16-7-5-6-13-8-10-11(12)9(2)14-15(10)3/h13H,4-8H2,1-3H3. The van der Waals surface area contributed by atoms with E-state index in [-0.39, 0.29) is 0 Å². The van der Waals surface area contributed by atoms with Gasteiger partial charge in [0, 0.05) is 26.8 Å². The summed E-state index contributed by atoms with van der Waals surface area (Å²) in [7, 11) is 1.91. The van der Waals surface area contributed by atoms with Crippen molar-refractivity contribution in [3.05, 3.63) is 16.4 Å². The summed E-state index contributed by atoms with van der Waals surface area (Å²) in [5.74, 6) is 0. The molecule has 1 rings (SSSR count). The van der Waals surface area contributed by atoms with E-state index in [1.165, 1.54) is 0 Å². The fourth-order valence-corrected chi connectivity index (χ4v) is 1.75. The van der Waals surface area contributed by atoms with Gasteiger partial charge in [-0.25, -0.2) is 0 Å². The van der Waals surface area contributed by atoms with Crippen molar-refractivity contribution in [3.8, 4) is 0 Å². The summed E-state index contributed by atoms with van der Waals surface area (Å²) in [6, 6.07) is 0. The Hall–Kier alpha value is -0.580. The molecule has 0 spiro atoms. The summed E-state index contributed by atoms with van der Waals surface area (Å²) < 4.78 is 7.08. The van der Waals surface area contributed by atoms with Gasteiger partial charge < -0.3 is 10.1 Å². The number of nitrogens with one attached hydrogen (secondary N) is 1. The summed E-state index contributed by atoms with van der Waals surface area (Å²) in [6.07, 6.45) is 1.02. The third kappa shape index (κ3) is 3.77. The minimum absolute atomic E-state index is 0.752. The van der Waals surface area contributed by atoms with Crippen LogP contribution in [0.25, 0.3) is 0 Å². The normalized spacial score (nSPS) is 11.0. The first kappa shape index (κ1) is 13.5. The maximum absolute atomic E-state index is 6.13. The molecule has 0 bridgehead atoms. The molecule has 1 N–H and O–H groups in total. The Morgan fingerprint density at radius 1 is 1.50 bits per heavy atom. The van der Waals surface area contributed by atoms with Crippen molar-refractivity contribution in [1.29, 1.82) is 0 Å². The molecule has 0 aliphatic heterocycles. The molecule has 0 amide bonds. The van der Waals surface area contributed by atoms with Gasteiger partial charge in [0.25, 0.3) is 0 Å². The predicted octanol–water partition coefficient (Wildman–Crippen LogP) is 1.90. The number of hydrogen-bond acceptors (Lipinski definition) is 3. The van der Waals surface area contributed by atoms with Crippen molar-refractivity contribution < 1.29 is 4.74 Å². The molecular weight excluding hydrogens is 226 g/mol.